The lowest BCUT2D eigenvalue weighted by atomic mass is 10.1. The van der Waals surface area contributed by atoms with Crippen LogP contribution in [-0.4, -0.2) is 30.7 Å². The van der Waals surface area contributed by atoms with Gasteiger partial charge in [-0.3, -0.25) is 4.98 Å². The Labute approximate surface area is 115 Å². The van der Waals surface area contributed by atoms with E-state index >= 15 is 0 Å². The zero-order valence-electron chi connectivity index (χ0n) is 11.4. The van der Waals surface area contributed by atoms with Crippen LogP contribution in [0, 0.1) is 5.92 Å². The second kappa shape index (κ2) is 5.78. The molecule has 1 aliphatic carbocycles. The van der Waals surface area contributed by atoms with Gasteiger partial charge < -0.3 is 15.4 Å². The Morgan fingerprint density at radius 3 is 3.00 bits per heavy atom. The van der Waals surface area contributed by atoms with E-state index < -0.39 is 0 Å². The first-order valence-corrected chi connectivity index (χ1v) is 7.39. The molecule has 3 rings (SSSR count). The summed E-state index contributed by atoms with van der Waals surface area (Å²) < 4.78 is 5.79. The van der Waals surface area contributed by atoms with Gasteiger partial charge in [0.25, 0.3) is 0 Å². The van der Waals surface area contributed by atoms with Gasteiger partial charge in [0.2, 0.25) is 0 Å². The maximum atomic E-state index is 6.03. The highest BCUT2D eigenvalue weighted by atomic mass is 16.5. The third-order valence-electron chi connectivity index (χ3n) is 4.01. The summed E-state index contributed by atoms with van der Waals surface area (Å²) in [4.78, 5) is 6.61. The van der Waals surface area contributed by atoms with Crippen molar-refractivity contribution >= 4 is 5.69 Å². The summed E-state index contributed by atoms with van der Waals surface area (Å²) in [6.45, 7) is 2.81. The van der Waals surface area contributed by atoms with Crippen molar-refractivity contribution in [3.8, 4) is 5.75 Å². The molecule has 4 heteroatoms. The Morgan fingerprint density at radius 1 is 1.32 bits per heavy atom. The standard InChI is InChI=1S/C15H23N3O/c16-13-2-1-6-18(11-13)14-8-15(10-17-9-14)19-7-5-12-3-4-12/h8-10,12-13H,1-7,11,16H2. The monoisotopic (exact) mass is 261 g/mol. The second-order valence-electron chi connectivity index (χ2n) is 5.81. The van der Waals surface area contributed by atoms with E-state index in [-0.39, 0.29) is 6.04 Å². The molecule has 0 bridgehead atoms. The topological polar surface area (TPSA) is 51.4 Å². The van der Waals surface area contributed by atoms with Crippen LogP contribution in [0.5, 0.6) is 5.75 Å². The van der Waals surface area contributed by atoms with Crippen LogP contribution in [0.15, 0.2) is 18.5 Å². The van der Waals surface area contributed by atoms with Gasteiger partial charge in [-0.25, -0.2) is 0 Å². The SMILES string of the molecule is NC1CCCN(c2cncc(OCCC3CC3)c2)C1. The molecule has 2 heterocycles. The minimum absolute atomic E-state index is 0.285. The fourth-order valence-electron chi connectivity index (χ4n) is 2.65. The Balaban J connectivity index is 1.58. The molecule has 0 spiro atoms. The van der Waals surface area contributed by atoms with Crippen molar-refractivity contribution in [2.45, 2.75) is 38.1 Å². The Bertz CT molecular complexity index is 420. The zero-order chi connectivity index (χ0) is 13.1. The summed E-state index contributed by atoms with van der Waals surface area (Å²) >= 11 is 0. The molecule has 1 aromatic heterocycles. The highest BCUT2D eigenvalue weighted by molar-refractivity contribution is 5.48. The maximum Gasteiger partial charge on any atom is 0.139 e. The molecule has 19 heavy (non-hydrogen) atoms. The van der Waals surface area contributed by atoms with Crippen LogP contribution in [0.4, 0.5) is 5.69 Å². The van der Waals surface area contributed by atoms with Crippen molar-refractivity contribution in [1.82, 2.24) is 4.98 Å². The molecule has 0 amide bonds. The van der Waals surface area contributed by atoms with Crippen LogP contribution in [0.2, 0.25) is 0 Å². The number of hydrogen-bond donors (Lipinski definition) is 1. The van der Waals surface area contributed by atoms with Crippen molar-refractivity contribution < 1.29 is 4.74 Å². The lowest BCUT2D eigenvalue weighted by Gasteiger charge is -2.32. The summed E-state index contributed by atoms with van der Waals surface area (Å²) in [7, 11) is 0. The van der Waals surface area contributed by atoms with E-state index in [1.807, 2.05) is 6.20 Å². The fourth-order valence-corrected chi connectivity index (χ4v) is 2.65. The van der Waals surface area contributed by atoms with E-state index in [4.69, 9.17) is 10.5 Å². The van der Waals surface area contributed by atoms with E-state index in [0.29, 0.717) is 0 Å². The quantitative estimate of drug-likeness (QED) is 0.882. The number of piperidine rings is 1. The molecule has 1 aliphatic heterocycles. The van der Waals surface area contributed by atoms with Crippen LogP contribution in [0.3, 0.4) is 0 Å². The second-order valence-corrected chi connectivity index (χ2v) is 5.81. The van der Waals surface area contributed by atoms with Gasteiger partial charge in [-0.05, 0) is 25.2 Å². The summed E-state index contributed by atoms with van der Waals surface area (Å²) in [6, 6.07) is 2.38. The van der Waals surface area contributed by atoms with Crippen LogP contribution < -0.4 is 15.4 Å². The Kier molecular flexibility index (Phi) is 3.87. The van der Waals surface area contributed by atoms with Crippen LogP contribution in [0.1, 0.15) is 32.1 Å². The lowest BCUT2D eigenvalue weighted by molar-refractivity contribution is 0.301. The van der Waals surface area contributed by atoms with Gasteiger partial charge in [0, 0.05) is 25.2 Å². The number of aromatic nitrogens is 1. The van der Waals surface area contributed by atoms with Crippen molar-refractivity contribution in [2.24, 2.45) is 11.7 Å². The summed E-state index contributed by atoms with van der Waals surface area (Å²) in [5.74, 6) is 1.80. The van der Waals surface area contributed by atoms with Crippen molar-refractivity contribution in [1.29, 1.82) is 0 Å². The first-order valence-electron chi connectivity index (χ1n) is 7.39. The Hall–Kier alpha value is -1.29. The average Bonchev–Trinajstić information content (AvgIpc) is 3.23. The molecule has 0 aromatic carbocycles. The van der Waals surface area contributed by atoms with Gasteiger partial charge in [0.15, 0.2) is 0 Å². The minimum atomic E-state index is 0.285. The first kappa shape index (κ1) is 12.7. The molecule has 2 fully saturated rings. The molecule has 104 valence electrons. The van der Waals surface area contributed by atoms with E-state index in [1.54, 1.807) is 6.20 Å². The molecule has 2 N–H and O–H groups in total. The van der Waals surface area contributed by atoms with E-state index in [2.05, 4.69) is 16.0 Å². The van der Waals surface area contributed by atoms with Gasteiger partial charge in [-0.1, -0.05) is 12.8 Å². The van der Waals surface area contributed by atoms with Gasteiger partial charge in [-0.15, -0.1) is 0 Å². The predicted molar refractivity (Wildman–Crippen MR) is 76.5 cm³/mol. The molecular weight excluding hydrogens is 238 g/mol. The fraction of sp³-hybridized carbons (Fsp3) is 0.667. The summed E-state index contributed by atoms with van der Waals surface area (Å²) in [6.07, 6.45) is 9.95. The Morgan fingerprint density at radius 2 is 2.21 bits per heavy atom. The number of rotatable bonds is 5. The third kappa shape index (κ3) is 3.60. The van der Waals surface area contributed by atoms with E-state index in [1.165, 1.54) is 19.3 Å². The van der Waals surface area contributed by atoms with Crippen LogP contribution in [-0.2, 0) is 0 Å². The molecule has 1 saturated carbocycles. The summed E-state index contributed by atoms with van der Waals surface area (Å²) in [5.41, 5.74) is 7.17. The van der Waals surface area contributed by atoms with Gasteiger partial charge in [-0.2, -0.15) is 0 Å². The summed E-state index contributed by atoms with van der Waals surface area (Å²) in [5, 5.41) is 0. The molecule has 2 aliphatic rings. The number of hydrogen-bond acceptors (Lipinski definition) is 4. The number of pyridine rings is 1. The number of ether oxygens (including phenoxy) is 1. The first-order chi connectivity index (χ1) is 9.31. The van der Waals surface area contributed by atoms with Crippen LogP contribution >= 0.6 is 0 Å². The molecule has 1 atom stereocenters. The number of anilines is 1. The molecule has 4 nitrogen and oxygen atoms in total. The average molecular weight is 261 g/mol. The van der Waals surface area contributed by atoms with Crippen molar-refractivity contribution in [3.63, 3.8) is 0 Å². The normalized spacial score (nSPS) is 23.4. The largest absolute Gasteiger partial charge is 0.492 e. The van der Waals surface area contributed by atoms with Gasteiger partial charge in [0.05, 0.1) is 24.7 Å². The highest BCUT2D eigenvalue weighted by Crippen LogP contribution is 2.32. The molecule has 1 unspecified atom stereocenters. The molecule has 0 radical (unpaired) electrons. The van der Waals surface area contributed by atoms with Crippen molar-refractivity contribution in [3.05, 3.63) is 18.5 Å². The molecule has 1 aromatic rings. The maximum absolute atomic E-state index is 6.03. The van der Waals surface area contributed by atoms with E-state index in [0.717, 1.165) is 49.9 Å². The van der Waals surface area contributed by atoms with Crippen molar-refractivity contribution in [2.75, 3.05) is 24.6 Å². The molecule has 1 saturated heterocycles. The van der Waals surface area contributed by atoms with E-state index in [9.17, 15) is 0 Å². The van der Waals surface area contributed by atoms with Gasteiger partial charge in [0.1, 0.15) is 5.75 Å². The zero-order valence-corrected chi connectivity index (χ0v) is 11.4. The smallest absolute Gasteiger partial charge is 0.139 e. The lowest BCUT2D eigenvalue weighted by Crippen LogP contribution is -2.42. The highest BCUT2D eigenvalue weighted by Gasteiger charge is 2.21. The van der Waals surface area contributed by atoms with Gasteiger partial charge >= 0.3 is 0 Å². The number of nitrogens with zero attached hydrogens (tertiary/aromatic N) is 2. The third-order valence-corrected chi connectivity index (χ3v) is 4.01. The van der Waals surface area contributed by atoms with Crippen LogP contribution in [0.25, 0.3) is 0 Å². The molecular formula is C15H23N3O. The minimum Gasteiger partial charge on any atom is -0.492 e. The predicted octanol–water partition coefficient (Wildman–Crippen LogP) is 2.19. The number of nitrogens with two attached hydrogens (primary N) is 1.